The number of carbonyl (C=O) groups excluding carboxylic acids is 2. The molecule has 2 amide bonds. The number of nitrogens with one attached hydrogen (secondary N) is 2. The van der Waals surface area contributed by atoms with Gasteiger partial charge >= 0.3 is 0 Å². The first-order chi connectivity index (χ1) is 12.7. The lowest BCUT2D eigenvalue weighted by Crippen LogP contribution is -2.44. The van der Waals surface area contributed by atoms with Crippen molar-refractivity contribution in [3.8, 4) is 5.75 Å². The van der Waals surface area contributed by atoms with Crippen LogP contribution >= 0.6 is 15.9 Å². The van der Waals surface area contributed by atoms with Crippen LogP contribution in [-0.4, -0.2) is 24.5 Å². The number of amides is 2. The maximum Gasteiger partial charge on any atom is 0.268 e. The summed E-state index contributed by atoms with van der Waals surface area (Å²) in [4.78, 5) is 25.3. The molecule has 6 heteroatoms. The second-order valence-corrected chi connectivity index (χ2v) is 7.91. The lowest BCUT2D eigenvalue weighted by molar-refractivity contribution is -0.119. The Kier molecular flexibility index (Phi) is 6.80. The smallest absolute Gasteiger partial charge is 0.268 e. The van der Waals surface area contributed by atoms with Gasteiger partial charge in [0.1, 0.15) is 11.4 Å². The van der Waals surface area contributed by atoms with Gasteiger partial charge in [0.25, 0.3) is 11.8 Å². The predicted octanol–water partition coefficient (Wildman–Crippen LogP) is 4.14. The summed E-state index contributed by atoms with van der Waals surface area (Å²) in [6, 6.07) is 14.1. The van der Waals surface area contributed by atoms with Crippen molar-refractivity contribution < 1.29 is 14.3 Å². The van der Waals surface area contributed by atoms with Gasteiger partial charge in [-0.15, -0.1) is 0 Å². The minimum Gasteiger partial charge on any atom is -0.497 e. The number of rotatable bonds is 5. The van der Waals surface area contributed by atoms with Gasteiger partial charge in [0.15, 0.2) is 0 Å². The lowest BCUT2D eigenvalue weighted by atomic mass is 10.1. The topological polar surface area (TPSA) is 67.4 Å². The van der Waals surface area contributed by atoms with Gasteiger partial charge in [-0.3, -0.25) is 9.59 Å². The van der Waals surface area contributed by atoms with Crippen molar-refractivity contribution in [2.45, 2.75) is 26.3 Å². The monoisotopic (exact) mass is 430 g/mol. The van der Waals surface area contributed by atoms with Gasteiger partial charge in [-0.1, -0.05) is 28.1 Å². The largest absolute Gasteiger partial charge is 0.497 e. The van der Waals surface area contributed by atoms with Crippen LogP contribution in [0, 0.1) is 0 Å². The highest BCUT2D eigenvalue weighted by molar-refractivity contribution is 9.10. The molecule has 5 nitrogen and oxygen atoms in total. The van der Waals surface area contributed by atoms with E-state index in [9.17, 15) is 9.59 Å². The van der Waals surface area contributed by atoms with E-state index < -0.39 is 5.54 Å². The van der Waals surface area contributed by atoms with Gasteiger partial charge < -0.3 is 15.4 Å². The zero-order valence-corrected chi connectivity index (χ0v) is 17.4. The summed E-state index contributed by atoms with van der Waals surface area (Å²) in [6.07, 6.45) is 1.65. The number of methoxy groups -OCH3 is 1. The van der Waals surface area contributed by atoms with Crippen LogP contribution in [0.5, 0.6) is 5.75 Å². The maximum absolute atomic E-state index is 12.7. The summed E-state index contributed by atoms with van der Waals surface area (Å²) in [6.45, 7) is 5.65. The minimum absolute atomic E-state index is 0.174. The van der Waals surface area contributed by atoms with Gasteiger partial charge in [-0.2, -0.15) is 0 Å². The van der Waals surface area contributed by atoms with Crippen LogP contribution in [0.25, 0.3) is 6.08 Å². The average Bonchev–Trinajstić information content (AvgIpc) is 2.61. The fourth-order valence-electron chi connectivity index (χ4n) is 2.23. The van der Waals surface area contributed by atoms with E-state index in [0.717, 1.165) is 10.0 Å². The van der Waals surface area contributed by atoms with E-state index in [4.69, 9.17) is 4.74 Å². The summed E-state index contributed by atoms with van der Waals surface area (Å²) in [5.41, 5.74) is 0.974. The summed E-state index contributed by atoms with van der Waals surface area (Å²) in [7, 11) is 1.56. The van der Waals surface area contributed by atoms with E-state index in [1.807, 2.05) is 45.0 Å². The summed E-state index contributed by atoms with van der Waals surface area (Å²) < 4.78 is 6.03. The van der Waals surface area contributed by atoms with Crippen LogP contribution in [0.4, 0.5) is 0 Å². The molecule has 0 unspecified atom stereocenters. The molecular formula is C21H23BrN2O3. The molecule has 0 saturated carbocycles. The molecule has 2 N–H and O–H groups in total. The molecule has 0 aromatic heterocycles. The van der Waals surface area contributed by atoms with Gasteiger partial charge in [0.2, 0.25) is 0 Å². The summed E-state index contributed by atoms with van der Waals surface area (Å²) in [5.74, 6) is -0.0694. The van der Waals surface area contributed by atoms with Gasteiger partial charge in [0, 0.05) is 15.6 Å². The zero-order valence-electron chi connectivity index (χ0n) is 15.8. The van der Waals surface area contributed by atoms with E-state index >= 15 is 0 Å². The predicted molar refractivity (Wildman–Crippen MR) is 110 cm³/mol. The Bertz CT molecular complexity index is 835. The van der Waals surface area contributed by atoms with Crippen molar-refractivity contribution in [2.24, 2.45) is 0 Å². The van der Waals surface area contributed by atoms with Crippen LogP contribution in [-0.2, 0) is 4.79 Å². The van der Waals surface area contributed by atoms with Gasteiger partial charge in [0.05, 0.1) is 7.11 Å². The lowest BCUT2D eigenvalue weighted by Gasteiger charge is -2.22. The molecule has 0 aliphatic rings. The zero-order chi connectivity index (χ0) is 20.0. The van der Waals surface area contributed by atoms with Crippen LogP contribution < -0.4 is 15.4 Å². The number of hydrogen-bond donors (Lipinski definition) is 2. The third kappa shape index (κ3) is 6.57. The Morgan fingerprint density at radius 1 is 1.00 bits per heavy atom. The molecule has 0 fully saturated rings. The minimum atomic E-state index is -0.430. The summed E-state index contributed by atoms with van der Waals surface area (Å²) >= 11 is 3.38. The van der Waals surface area contributed by atoms with E-state index in [0.29, 0.717) is 11.3 Å². The maximum atomic E-state index is 12.7. The molecule has 0 saturated heterocycles. The van der Waals surface area contributed by atoms with E-state index in [2.05, 4.69) is 26.6 Å². The Morgan fingerprint density at radius 3 is 2.11 bits per heavy atom. The first-order valence-electron chi connectivity index (χ1n) is 8.43. The Hall–Kier alpha value is -2.60. The Balaban J connectivity index is 2.29. The Labute approximate surface area is 167 Å². The molecule has 0 heterocycles. The molecule has 0 aliphatic heterocycles. The third-order valence-corrected chi connectivity index (χ3v) is 4.04. The standard InChI is InChI=1S/C21H23BrN2O3/c1-21(2,3)24-20(26)18(13-14-5-9-16(22)10-6-14)23-19(25)15-7-11-17(27-4)12-8-15/h5-13H,1-4H3,(H,23,25)(H,24,26)/b18-13-. The van der Waals surface area contributed by atoms with E-state index in [-0.39, 0.29) is 17.5 Å². The molecule has 27 heavy (non-hydrogen) atoms. The van der Waals surface area contributed by atoms with Crippen molar-refractivity contribution in [1.82, 2.24) is 10.6 Å². The summed E-state index contributed by atoms with van der Waals surface area (Å²) in [5, 5.41) is 5.59. The molecule has 0 aliphatic carbocycles. The first-order valence-corrected chi connectivity index (χ1v) is 9.22. The highest BCUT2D eigenvalue weighted by Crippen LogP contribution is 2.15. The Morgan fingerprint density at radius 2 is 1.59 bits per heavy atom. The second-order valence-electron chi connectivity index (χ2n) is 7.00. The molecular weight excluding hydrogens is 408 g/mol. The number of halogens is 1. The number of hydrogen-bond acceptors (Lipinski definition) is 3. The fourth-order valence-corrected chi connectivity index (χ4v) is 2.49. The normalized spacial score (nSPS) is 11.7. The SMILES string of the molecule is COc1ccc(C(=O)N/C(=C\c2ccc(Br)cc2)C(=O)NC(C)(C)C)cc1. The second kappa shape index (κ2) is 8.86. The third-order valence-electron chi connectivity index (χ3n) is 3.51. The van der Waals surface area contributed by atoms with Crippen molar-refractivity contribution in [3.63, 3.8) is 0 Å². The van der Waals surface area contributed by atoms with E-state index in [1.54, 1.807) is 37.5 Å². The molecule has 2 aromatic rings. The fraction of sp³-hybridized carbons (Fsp3) is 0.238. The van der Waals surface area contributed by atoms with Crippen LogP contribution in [0.3, 0.4) is 0 Å². The van der Waals surface area contributed by atoms with Crippen molar-refractivity contribution >= 4 is 33.8 Å². The molecule has 0 radical (unpaired) electrons. The molecule has 2 rings (SSSR count). The molecule has 0 bridgehead atoms. The van der Waals surface area contributed by atoms with Crippen LogP contribution in [0.15, 0.2) is 58.7 Å². The van der Waals surface area contributed by atoms with Gasteiger partial charge in [-0.05, 0) is 68.8 Å². The number of carbonyl (C=O) groups is 2. The van der Waals surface area contributed by atoms with Crippen LogP contribution in [0.1, 0.15) is 36.7 Å². The molecule has 142 valence electrons. The quantitative estimate of drug-likeness (QED) is 0.700. The first kappa shape index (κ1) is 20.7. The number of benzene rings is 2. The van der Waals surface area contributed by atoms with E-state index in [1.165, 1.54) is 0 Å². The molecule has 0 spiro atoms. The molecule has 0 atom stereocenters. The van der Waals surface area contributed by atoms with Gasteiger partial charge in [-0.25, -0.2) is 0 Å². The van der Waals surface area contributed by atoms with Crippen LogP contribution in [0.2, 0.25) is 0 Å². The highest BCUT2D eigenvalue weighted by Gasteiger charge is 2.19. The molecule has 2 aromatic carbocycles. The highest BCUT2D eigenvalue weighted by atomic mass is 79.9. The van der Waals surface area contributed by atoms with Crippen molar-refractivity contribution in [1.29, 1.82) is 0 Å². The van der Waals surface area contributed by atoms with Crippen molar-refractivity contribution in [3.05, 3.63) is 69.8 Å². The van der Waals surface area contributed by atoms with Crippen molar-refractivity contribution in [2.75, 3.05) is 7.11 Å². The number of ether oxygens (including phenoxy) is 1. The average molecular weight is 431 g/mol.